The van der Waals surface area contributed by atoms with Gasteiger partial charge in [-0.25, -0.2) is 0 Å². The number of carbonyl (C=O) groups is 2. The Kier molecular flexibility index (Phi) is 5.80. The maximum atomic E-state index is 13.5. The summed E-state index contributed by atoms with van der Waals surface area (Å²) < 4.78 is 0. The van der Waals surface area contributed by atoms with Crippen LogP contribution in [0.2, 0.25) is 0 Å². The second-order valence-corrected chi connectivity index (χ2v) is 12.8. The molecule has 0 saturated heterocycles. The Bertz CT molecular complexity index is 2140. The van der Waals surface area contributed by atoms with Crippen LogP contribution in [0.3, 0.4) is 0 Å². The minimum atomic E-state index is -0.925. The van der Waals surface area contributed by atoms with E-state index < -0.39 is 5.54 Å². The van der Waals surface area contributed by atoms with Crippen molar-refractivity contribution in [3.8, 4) is 0 Å². The molecule has 0 aromatic heterocycles. The molecule has 0 saturated carbocycles. The summed E-state index contributed by atoms with van der Waals surface area (Å²) in [4.78, 5) is 34.9. The molecule has 3 heterocycles. The molecule has 0 atom stereocenters. The van der Waals surface area contributed by atoms with Gasteiger partial charge in [0.25, 0.3) is 11.8 Å². The van der Waals surface area contributed by atoms with Crippen LogP contribution in [0.25, 0.3) is 0 Å². The number of anilines is 5. The standard InChI is InChI=1S/C40H27N3O2S/c1-41-38(44)28-24-23-26(25-29(28)39(41)45)40(43-34-19-9-11-21-36(34)46-37-22-12-10-20-35(37)43)30-15-5-7-17-32(30)42(27-13-3-2-4-14-27)33-18-8-6-16-31(33)40/h2-25H,1H3. The molecule has 3 aliphatic heterocycles. The average Bonchev–Trinajstić information content (AvgIpc) is 3.33. The topological polar surface area (TPSA) is 43.9 Å². The van der Waals surface area contributed by atoms with E-state index in [2.05, 4.69) is 131 Å². The highest BCUT2D eigenvalue weighted by Crippen LogP contribution is 2.62. The molecule has 220 valence electrons. The summed E-state index contributed by atoms with van der Waals surface area (Å²) >= 11 is 1.77. The molecule has 0 spiro atoms. The van der Waals surface area contributed by atoms with Crippen molar-refractivity contribution in [2.24, 2.45) is 0 Å². The van der Waals surface area contributed by atoms with E-state index in [4.69, 9.17) is 0 Å². The Labute approximate surface area is 271 Å². The number of carbonyl (C=O) groups excluding carboxylic acids is 2. The van der Waals surface area contributed by atoms with Crippen molar-refractivity contribution in [2.75, 3.05) is 16.8 Å². The molecule has 2 amide bonds. The van der Waals surface area contributed by atoms with E-state index in [-0.39, 0.29) is 11.8 Å². The zero-order chi connectivity index (χ0) is 31.0. The SMILES string of the molecule is CN1C(=O)c2ccc(C3(N4c5ccccc5Sc5ccccc54)c4ccccc4N(c4ccccc4)c4ccccc43)cc2C1=O. The maximum absolute atomic E-state index is 13.5. The van der Waals surface area contributed by atoms with E-state index in [1.807, 2.05) is 24.3 Å². The Morgan fingerprint density at radius 2 is 1.02 bits per heavy atom. The molecule has 0 radical (unpaired) electrons. The average molecular weight is 614 g/mol. The summed E-state index contributed by atoms with van der Waals surface area (Å²) in [7, 11) is 1.55. The van der Waals surface area contributed by atoms with Crippen LogP contribution in [-0.4, -0.2) is 23.8 Å². The van der Waals surface area contributed by atoms with Crippen LogP contribution in [0, 0.1) is 0 Å². The monoisotopic (exact) mass is 613 g/mol. The van der Waals surface area contributed by atoms with Crippen molar-refractivity contribution in [3.05, 3.63) is 173 Å². The molecule has 6 aromatic rings. The predicted octanol–water partition coefficient (Wildman–Crippen LogP) is 9.29. The number of hydrogen-bond acceptors (Lipinski definition) is 5. The van der Waals surface area contributed by atoms with Crippen LogP contribution in [0.1, 0.15) is 37.4 Å². The Balaban J connectivity index is 1.46. The van der Waals surface area contributed by atoms with Gasteiger partial charge in [0.05, 0.1) is 33.9 Å². The van der Waals surface area contributed by atoms with Crippen LogP contribution < -0.4 is 9.80 Å². The summed E-state index contributed by atoms with van der Waals surface area (Å²) in [6.07, 6.45) is 0. The molecular formula is C40H27N3O2S. The van der Waals surface area contributed by atoms with Gasteiger partial charge in [0.15, 0.2) is 0 Å². The molecule has 5 nitrogen and oxygen atoms in total. The third-order valence-electron chi connectivity index (χ3n) is 9.36. The third-order valence-corrected chi connectivity index (χ3v) is 10.5. The van der Waals surface area contributed by atoms with Gasteiger partial charge < -0.3 is 9.80 Å². The molecule has 6 aromatic carbocycles. The molecule has 0 aliphatic carbocycles. The van der Waals surface area contributed by atoms with E-state index in [1.54, 1.807) is 18.8 Å². The first-order valence-corrected chi connectivity index (χ1v) is 16.1. The van der Waals surface area contributed by atoms with E-state index >= 15 is 0 Å². The molecule has 3 aliphatic rings. The van der Waals surface area contributed by atoms with Crippen LogP contribution in [0.15, 0.2) is 155 Å². The lowest BCUT2D eigenvalue weighted by atomic mass is 9.70. The van der Waals surface area contributed by atoms with Crippen molar-refractivity contribution in [2.45, 2.75) is 15.3 Å². The van der Waals surface area contributed by atoms with Crippen molar-refractivity contribution in [1.82, 2.24) is 4.90 Å². The lowest BCUT2D eigenvalue weighted by Crippen LogP contribution is -2.50. The molecule has 0 N–H and O–H groups in total. The molecule has 6 heteroatoms. The molecule has 0 fully saturated rings. The Morgan fingerprint density at radius 3 is 1.63 bits per heavy atom. The quantitative estimate of drug-likeness (QED) is 0.186. The Hall–Kier alpha value is -5.59. The number of fused-ring (bicyclic) bond motifs is 5. The minimum absolute atomic E-state index is 0.273. The van der Waals surface area contributed by atoms with E-state index in [0.717, 1.165) is 54.9 Å². The van der Waals surface area contributed by atoms with Gasteiger partial charge in [-0.1, -0.05) is 96.7 Å². The summed E-state index contributed by atoms with van der Waals surface area (Å²) in [6.45, 7) is 0. The molecule has 9 rings (SSSR count). The summed E-state index contributed by atoms with van der Waals surface area (Å²) in [5.74, 6) is -0.555. The fourth-order valence-electron chi connectivity index (χ4n) is 7.41. The number of para-hydroxylation sites is 5. The fraction of sp³-hybridized carbons (Fsp3) is 0.0500. The maximum Gasteiger partial charge on any atom is 0.261 e. The zero-order valence-corrected chi connectivity index (χ0v) is 25.7. The summed E-state index contributed by atoms with van der Waals surface area (Å²) in [5.41, 5.74) is 8.27. The molecule has 46 heavy (non-hydrogen) atoms. The fourth-order valence-corrected chi connectivity index (χ4v) is 8.47. The Morgan fingerprint density at radius 1 is 0.522 bits per heavy atom. The number of rotatable bonds is 3. The summed E-state index contributed by atoms with van der Waals surface area (Å²) in [6, 6.07) is 50.5. The second kappa shape index (κ2) is 9.96. The van der Waals surface area contributed by atoms with Gasteiger partial charge in [0, 0.05) is 33.7 Å². The van der Waals surface area contributed by atoms with Crippen LogP contribution in [0.4, 0.5) is 28.4 Å². The lowest BCUT2D eigenvalue weighted by molar-refractivity contribution is 0.0693. The van der Waals surface area contributed by atoms with Crippen molar-refractivity contribution in [3.63, 3.8) is 0 Å². The van der Waals surface area contributed by atoms with Crippen molar-refractivity contribution >= 4 is 52.0 Å². The van der Waals surface area contributed by atoms with Crippen LogP contribution >= 0.6 is 11.8 Å². The minimum Gasteiger partial charge on any atom is -0.321 e. The lowest BCUT2D eigenvalue weighted by Gasteiger charge is -2.53. The highest BCUT2D eigenvalue weighted by Gasteiger charge is 2.52. The van der Waals surface area contributed by atoms with Crippen molar-refractivity contribution in [1.29, 1.82) is 0 Å². The molecule has 0 unspecified atom stereocenters. The van der Waals surface area contributed by atoms with Gasteiger partial charge >= 0.3 is 0 Å². The normalized spacial score (nSPS) is 15.5. The van der Waals surface area contributed by atoms with Gasteiger partial charge in [-0.05, 0) is 66.2 Å². The first kappa shape index (κ1) is 26.8. The van der Waals surface area contributed by atoms with E-state index in [1.165, 1.54) is 4.90 Å². The number of hydrogen-bond donors (Lipinski definition) is 0. The smallest absolute Gasteiger partial charge is 0.261 e. The number of imide groups is 1. The van der Waals surface area contributed by atoms with E-state index in [0.29, 0.717) is 11.1 Å². The van der Waals surface area contributed by atoms with Crippen molar-refractivity contribution < 1.29 is 9.59 Å². The van der Waals surface area contributed by atoms with E-state index in [9.17, 15) is 9.59 Å². The van der Waals surface area contributed by atoms with Gasteiger partial charge in [0.2, 0.25) is 0 Å². The number of amides is 2. The van der Waals surface area contributed by atoms with Crippen LogP contribution in [-0.2, 0) is 5.54 Å². The first-order chi connectivity index (χ1) is 22.6. The largest absolute Gasteiger partial charge is 0.321 e. The number of benzene rings is 6. The first-order valence-electron chi connectivity index (χ1n) is 15.3. The van der Waals surface area contributed by atoms with Gasteiger partial charge in [-0.3, -0.25) is 14.5 Å². The highest BCUT2D eigenvalue weighted by molar-refractivity contribution is 7.99. The summed E-state index contributed by atoms with van der Waals surface area (Å²) in [5, 5.41) is 0. The van der Waals surface area contributed by atoms with Gasteiger partial charge in [-0.2, -0.15) is 0 Å². The van der Waals surface area contributed by atoms with Crippen LogP contribution in [0.5, 0.6) is 0 Å². The zero-order valence-electron chi connectivity index (χ0n) is 24.9. The second-order valence-electron chi connectivity index (χ2n) is 11.7. The predicted molar refractivity (Wildman–Crippen MR) is 183 cm³/mol. The number of nitrogens with zero attached hydrogens (tertiary/aromatic N) is 3. The van der Waals surface area contributed by atoms with Gasteiger partial charge in [0.1, 0.15) is 5.54 Å². The van der Waals surface area contributed by atoms with Gasteiger partial charge in [-0.15, -0.1) is 0 Å². The molecule has 0 bridgehead atoms. The third kappa shape index (κ3) is 3.53. The molecular weight excluding hydrogens is 587 g/mol. The highest BCUT2D eigenvalue weighted by atomic mass is 32.2.